The van der Waals surface area contributed by atoms with Gasteiger partial charge in [-0.05, 0) is 43.4 Å². The van der Waals surface area contributed by atoms with Crippen LogP contribution in [0.1, 0.15) is 42.9 Å². The van der Waals surface area contributed by atoms with E-state index < -0.39 is 0 Å². The minimum absolute atomic E-state index is 0.244. The first kappa shape index (κ1) is 15.2. The van der Waals surface area contributed by atoms with E-state index in [9.17, 15) is 0 Å². The number of nitrogens with one attached hydrogen (secondary N) is 1. The number of allylic oxidation sites excluding steroid dienone is 1. The molecule has 0 amide bonds. The quantitative estimate of drug-likeness (QED) is 0.717. The highest BCUT2D eigenvalue weighted by Gasteiger charge is 2.10. The number of nitrogens with two attached hydrogens (primary N) is 1. The van der Waals surface area contributed by atoms with Crippen LogP contribution in [-0.2, 0) is 11.3 Å². The van der Waals surface area contributed by atoms with Crippen LogP contribution in [0, 0.1) is 0 Å². The number of benzene rings is 1. The average Bonchev–Trinajstić information content (AvgIpc) is 2.98. The third-order valence-corrected chi connectivity index (χ3v) is 3.90. The van der Waals surface area contributed by atoms with Crippen LogP contribution in [0.2, 0.25) is 0 Å². The van der Waals surface area contributed by atoms with Crippen molar-refractivity contribution >= 4 is 0 Å². The second-order valence-corrected chi connectivity index (χ2v) is 5.42. The molecule has 2 rings (SSSR count). The van der Waals surface area contributed by atoms with Crippen LogP contribution in [0.5, 0.6) is 0 Å². The molecule has 0 saturated carbocycles. The minimum Gasteiger partial charge on any atom is -0.380 e. The molecule has 0 radical (unpaired) electrons. The largest absolute Gasteiger partial charge is 0.380 e. The highest BCUT2D eigenvalue weighted by molar-refractivity contribution is 5.25. The lowest BCUT2D eigenvalue weighted by molar-refractivity contribution is 0.185. The normalized spacial score (nSPS) is 16.2. The highest BCUT2D eigenvalue weighted by Crippen LogP contribution is 2.20. The van der Waals surface area contributed by atoms with Gasteiger partial charge in [-0.3, -0.25) is 0 Å². The second kappa shape index (κ2) is 8.20. The fourth-order valence-corrected chi connectivity index (χ4v) is 2.72. The van der Waals surface area contributed by atoms with Crippen LogP contribution in [0.15, 0.2) is 35.9 Å². The zero-order chi connectivity index (χ0) is 14.2. The molecule has 0 fully saturated rings. The Morgan fingerprint density at radius 3 is 2.70 bits per heavy atom. The molecule has 3 nitrogen and oxygen atoms in total. The molecule has 3 N–H and O–H groups in total. The van der Waals surface area contributed by atoms with Gasteiger partial charge in [0.1, 0.15) is 0 Å². The molecular weight excluding hydrogens is 248 g/mol. The summed E-state index contributed by atoms with van der Waals surface area (Å²) in [7, 11) is 1.72. The van der Waals surface area contributed by atoms with Crippen molar-refractivity contribution in [1.29, 1.82) is 0 Å². The summed E-state index contributed by atoms with van der Waals surface area (Å²) in [6.45, 7) is 2.30. The van der Waals surface area contributed by atoms with Gasteiger partial charge in [0.05, 0.1) is 6.61 Å². The average molecular weight is 274 g/mol. The molecular formula is C17H26N2O. The lowest BCUT2D eigenvalue weighted by Gasteiger charge is -2.18. The summed E-state index contributed by atoms with van der Waals surface area (Å²) in [5.74, 6) is 0. The van der Waals surface area contributed by atoms with Crippen LogP contribution in [0.3, 0.4) is 0 Å². The van der Waals surface area contributed by atoms with Crippen LogP contribution < -0.4 is 11.1 Å². The van der Waals surface area contributed by atoms with Crippen molar-refractivity contribution in [2.75, 3.05) is 20.2 Å². The molecule has 0 aromatic heterocycles. The number of hydrogen-bond acceptors (Lipinski definition) is 3. The van der Waals surface area contributed by atoms with Gasteiger partial charge in [0.25, 0.3) is 0 Å². The van der Waals surface area contributed by atoms with Crippen LogP contribution in [0.4, 0.5) is 0 Å². The van der Waals surface area contributed by atoms with Crippen molar-refractivity contribution in [2.24, 2.45) is 5.73 Å². The Hall–Kier alpha value is -1.16. The Morgan fingerprint density at radius 2 is 2.10 bits per heavy atom. The maximum Gasteiger partial charge on any atom is 0.0713 e. The highest BCUT2D eigenvalue weighted by atomic mass is 16.5. The van der Waals surface area contributed by atoms with E-state index in [1.54, 1.807) is 12.7 Å². The Morgan fingerprint density at radius 1 is 1.30 bits per heavy atom. The predicted octanol–water partition coefficient (Wildman–Crippen LogP) is 2.92. The smallest absolute Gasteiger partial charge is 0.0713 e. The van der Waals surface area contributed by atoms with E-state index in [2.05, 4.69) is 35.7 Å². The Bertz CT molecular complexity index is 425. The Labute approximate surface area is 122 Å². The van der Waals surface area contributed by atoms with Gasteiger partial charge in [-0.15, -0.1) is 0 Å². The SMILES string of the molecule is COCc1ccc(C(CN)NCCC2=CCCC2)cc1. The first-order chi connectivity index (χ1) is 9.83. The molecule has 1 aromatic rings. The first-order valence-corrected chi connectivity index (χ1v) is 7.52. The summed E-state index contributed by atoms with van der Waals surface area (Å²) >= 11 is 0. The maximum atomic E-state index is 5.89. The third-order valence-electron chi connectivity index (χ3n) is 3.90. The van der Waals surface area contributed by atoms with Gasteiger partial charge in [-0.25, -0.2) is 0 Å². The van der Waals surface area contributed by atoms with E-state index in [4.69, 9.17) is 10.5 Å². The lowest BCUT2D eigenvalue weighted by Crippen LogP contribution is -2.29. The summed E-state index contributed by atoms with van der Waals surface area (Å²) in [5.41, 5.74) is 9.95. The van der Waals surface area contributed by atoms with E-state index >= 15 is 0 Å². The standard InChI is InChI=1S/C17H26N2O/c1-20-13-15-6-8-16(9-7-15)17(12-18)19-11-10-14-4-2-3-5-14/h4,6-9,17,19H,2-3,5,10-13,18H2,1H3. The van der Waals surface area contributed by atoms with Crippen molar-refractivity contribution in [2.45, 2.75) is 38.3 Å². The second-order valence-electron chi connectivity index (χ2n) is 5.42. The molecule has 0 saturated heterocycles. The summed E-state index contributed by atoms with van der Waals surface area (Å²) in [5, 5.41) is 3.57. The molecule has 0 aliphatic heterocycles. The minimum atomic E-state index is 0.244. The number of hydrogen-bond donors (Lipinski definition) is 2. The molecule has 0 bridgehead atoms. The van der Waals surface area contributed by atoms with Gasteiger partial charge < -0.3 is 15.8 Å². The van der Waals surface area contributed by atoms with Gasteiger partial charge >= 0.3 is 0 Å². The first-order valence-electron chi connectivity index (χ1n) is 7.52. The van der Waals surface area contributed by atoms with Gasteiger partial charge in [0, 0.05) is 19.7 Å². The monoisotopic (exact) mass is 274 g/mol. The number of ether oxygens (including phenoxy) is 1. The topological polar surface area (TPSA) is 47.3 Å². The lowest BCUT2D eigenvalue weighted by atomic mass is 10.0. The number of rotatable bonds is 8. The molecule has 1 atom stereocenters. The fourth-order valence-electron chi connectivity index (χ4n) is 2.72. The third kappa shape index (κ3) is 4.44. The van der Waals surface area contributed by atoms with Gasteiger partial charge in [0.2, 0.25) is 0 Å². The molecule has 1 aliphatic carbocycles. The zero-order valence-electron chi connectivity index (χ0n) is 12.4. The van der Waals surface area contributed by atoms with Gasteiger partial charge in [-0.2, -0.15) is 0 Å². The van der Waals surface area contributed by atoms with E-state index in [-0.39, 0.29) is 6.04 Å². The molecule has 110 valence electrons. The fraction of sp³-hybridized carbons (Fsp3) is 0.529. The van der Waals surface area contributed by atoms with Crippen molar-refractivity contribution in [3.63, 3.8) is 0 Å². The Kier molecular flexibility index (Phi) is 6.25. The summed E-state index contributed by atoms with van der Waals surface area (Å²) < 4.78 is 5.13. The van der Waals surface area contributed by atoms with Crippen LogP contribution in [0.25, 0.3) is 0 Å². The molecule has 1 aromatic carbocycles. The van der Waals surface area contributed by atoms with E-state index in [0.29, 0.717) is 13.2 Å². The predicted molar refractivity (Wildman–Crippen MR) is 83.5 cm³/mol. The van der Waals surface area contributed by atoms with Gasteiger partial charge in [-0.1, -0.05) is 35.9 Å². The Balaban J connectivity index is 1.83. The zero-order valence-corrected chi connectivity index (χ0v) is 12.4. The molecule has 0 heterocycles. The van der Waals surface area contributed by atoms with Crippen molar-refractivity contribution in [3.8, 4) is 0 Å². The van der Waals surface area contributed by atoms with E-state index in [1.807, 2.05) is 0 Å². The van der Waals surface area contributed by atoms with Crippen LogP contribution >= 0.6 is 0 Å². The summed E-state index contributed by atoms with van der Waals surface area (Å²) in [4.78, 5) is 0. The van der Waals surface area contributed by atoms with Gasteiger partial charge in [0.15, 0.2) is 0 Å². The van der Waals surface area contributed by atoms with Crippen molar-refractivity contribution in [1.82, 2.24) is 5.32 Å². The molecule has 1 aliphatic rings. The summed E-state index contributed by atoms with van der Waals surface area (Å²) in [6.07, 6.45) is 7.41. The van der Waals surface area contributed by atoms with E-state index in [0.717, 1.165) is 13.0 Å². The number of methoxy groups -OCH3 is 1. The van der Waals surface area contributed by atoms with E-state index in [1.165, 1.54) is 30.4 Å². The summed E-state index contributed by atoms with van der Waals surface area (Å²) in [6, 6.07) is 8.76. The molecule has 0 spiro atoms. The maximum absolute atomic E-state index is 5.89. The molecule has 3 heteroatoms. The van der Waals surface area contributed by atoms with Crippen molar-refractivity contribution < 1.29 is 4.74 Å². The van der Waals surface area contributed by atoms with Crippen LogP contribution in [-0.4, -0.2) is 20.2 Å². The van der Waals surface area contributed by atoms with Crippen molar-refractivity contribution in [3.05, 3.63) is 47.0 Å². The molecule has 1 unspecified atom stereocenters. The molecule has 20 heavy (non-hydrogen) atoms.